The molecule has 0 aromatic rings. The average molecular weight is 536 g/mol. The van der Waals surface area contributed by atoms with Crippen LogP contribution in [-0.4, -0.2) is 99.7 Å². The third kappa shape index (κ3) is 8.13. The van der Waals surface area contributed by atoms with Gasteiger partial charge in [-0.05, 0) is 76.2 Å². The minimum atomic E-state index is -3.35. The average Bonchev–Trinajstić information content (AvgIpc) is 3.13. The van der Waals surface area contributed by atoms with E-state index in [1.165, 1.54) is 18.9 Å². The summed E-state index contributed by atoms with van der Waals surface area (Å²) in [4.78, 5) is 39.3. The third-order valence-corrected chi connectivity index (χ3v) is 5.48. The van der Waals surface area contributed by atoms with Gasteiger partial charge in [0.05, 0.1) is 25.7 Å². The lowest BCUT2D eigenvalue weighted by Gasteiger charge is -2.35. The summed E-state index contributed by atoms with van der Waals surface area (Å²) in [7, 11) is 0. The molecule has 214 valence electrons. The van der Waals surface area contributed by atoms with Crippen LogP contribution in [0.1, 0.15) is 76.2 Å². The Balaban J connectivity index is 2.28. The molecule has 0 aromatic carbocycles. The van der Waals surface area contributed by atoms with Crippen molar-refractivity contribution in [2.24, 2.45) is 0 Å². The van der Waals surface area contributed by atoms with Crippen LogP contribution >= 0.6 is 0 Å². The second-order valence-electron chi connectivity index (χ2n) is 13.0. The topological polar surface area (TPSA) is 97.9 Å². The van der Waals surface area contributed by atoms with Crippen molar-refractivity contribution < 1.29 is 42.1 Å². The fraction of sp³-hybridized carbons (Fsp3) is 0.880. The smallest absolute Gasteiger partial charge is 0.425 e. The van der Waals surface area contributed by atoms with Crippen molar-refractivity contribution in [3.8, 4) is 0 Å². The number of ether oxygens (including phenoxy) is 4. The molecule has 2 heterocycles. The second-order valence-corrected chi connectivity index (χ2v) is 13.0. The van der Waals surface area contributed by atoms with Crippen LogP contribution < -0.4 is 0 Å². The number of amides is 2. The molecule has 12 heteroatoms. The van der Waals surface area contributed by atoms with Gasteiger partial charge in [-0.25, -0.2) is 33.2 Å². The lowest BCUT2D eigenvalue weighted by atomic mass is 10.1. The predicted molar refractivity (Wildman–Crippen MR) is 131 cm³/mol. The van der Waals surface area contributed by atoms with Gasteiger partial charge in [0.15, 0.2) is 5.60 Å². The quantitative estimate of drug-likeness (QED) is 0.381. The molecule has 37 heavy (non-hydrogen) atoms. The maximum Gasteiger partial charge on any atom is 0.425 e. The van der Waals surface area contributed by atoms with E-state index in [9.17, 15) is 14.4 Å². The van der Waals surface area contributed by atoms with Gasteiger partial charge in [0, 0.05) is 6.54 Å². The highest BCUT2D eigenvalue weighted by Crippen LogP contribution is 2.42. The fourth-order valence-corrected chi connectivity index (χ4v) is 4.07. The number of rotatable bonds is 5. The first kappa shape index (κ1) is 31.0. The molecule has 0 saturated carbocycles. The third-order valence-electron chi connectivity index (χ3n) is 5.48. The molecule has 2 aliphatic heterocycles. The van der Waals surface area contributed by atoms with Crippen LogP contribution in [0.2, 0.25) is 0 Å². The number of hydrogen-bond acceptors (Lipinski definition) is 8. The van der Waals surface area contributed by atoms with E-state index < -0.39 is 65.1 Å². The number of halogens is 2. The van der Waals surface area contributed by atoms with Gasteiger partial charge >= 0.3 is 18.2 Å². The second kappa shape index (κ2) is 10.2. The fourth-order valence-electron chi connectivity index (χ4n) is 4.07. The highest BCUT2D eigenvalue weighted by atomic mass is 19.3. The Morgan fingerprint density at radius 2 is 1.30 bits per heavy atom. The van der Waals surface area contributed by atoms with Crippen LogP contribution in [-0.2, 0) is 23.7 Å². The summed E-state index contributed by atoms with van der Waals surface area (Å²) in [6, 6.07) is -2.54. The summed E-state index contributed by atoms with van der Waals surface area (Å²) >= 11 is 0. The number of hydrogen-bond donors (Lipinski definition) is 0. The molecule has 2 saturated heterocycles. The van der Waals surface area contributed by atoms with E-state index in [1.54, 1.807) is 62.3 Å². The molecule has 0 aromatic heterocycles. The lowest BCUT2D eigenvalue weighted by molar-refractivity contribution is -0.182. The van der Waals surface area contributed by atoms with Gasteiger partial charge < -0.3 is 18.9 Å². The zero-order chi connectivity index (χ0) is 28.8. The van der Waals surface area contributed by atoms with E-state index in [1.807, 2.05) is 0 Å². The number of nitrogens with zero attached hydrogens (tertiary/aromatic N) is 3. The summed E-state index contributed by atoms with van der Waals surface area (Å²) in [5.41, 5.74) is -3.84. The van der Waals surface area contributed by atoms with Crippen LogP contribution in [0, 0.1) is 0 Å². The van der Waals surface area contributed by atoms with Crippen molar-refractivity contribution in [3.63, 3.8) is 0 Å². The molecule has 2 atom stereocenters. The highest BCUT2D eigenvalue weighted by Gasteiger charge is 2.64. The molecule has 0 N–H and O–H groups in total. The van der Waals surface area contributed by atoms with Gasteiger partial charge in [0.25, 0.3) is 5.92 Å². The van der Waals surface area contributed by atoms with Crippen molar-refractivity contribution in [2.45, 2.75) is 117 Å². The van der Waals surface area contributed by atoms with Crippen molar-refractivity contribution in [1.29, 1.82) is 0 Å². The summed E-state index contributed by atoms with van der Waals surface area (Å²) in [5, 5.41) is 2.25. The molecule has 10 nitrogen and oxygen atoms in total. The summed E-state index contributed by atoms with van der Waals surface area (Å²) in [5.74, 6) is -3.95. The number of carbonyl (C=O) groups is 3. The zero-order valence-electron chi connectivity index (χ0n) is 23.9. The molecule has 0 bridgehead atoms. The first-order chi connectivity index (χ1) is 16.4. The first-order valence-corrected chi connectivity index (χ1v) is 12.5. The summed E-state index contributed by atoms with van der Waals surface area (Å²) in [6.07, 6.45) is -1.71. The Labute approximate surface area is 218 Å². The van der Waals surface area contributed by atoms with Gasteiger partial charge in [-0.2, -0.15) is 0 Å². The zero-order valence-corrected chi connectivity index (χ0v) is 23.9. The van der Waals surface area contributed by atoms with Gasteiger partial charge in [0.2, 0.25) is 0 Å². The predicted octanol–water partition coefficient (Wildman–Crippen LogP) is 4.21. The minimum Gasteiger partial charge on any atom is -0.458 e. The van der Waals surface area contributed by atoms with Crippen LogP contribution in [0.3, 0.4) is 0 Å². The van der Waals surface area contributed by atoms with E-state index in [-0.39, 0.29) is 19.7 Å². The molecule has 0 radical (unpaired) electrons. The number of alkyl halides is 2. The SMILES string of the molecule is CC(C)(C)OC(=O)N1CC(F)(F)[C@H]2[C@@H]1CN(C(=O)OC(C)(C)C)N2CCOC(C)(C)C(=O)OC(C)(C)C. The Morgan fingerprint density at radius 3 is 1.78 bits per heavy atom. The summed E-state index contributed by atoms with van der Waals surface area (Å²) < 4.78 is 52.6. The molecule has 2 rings (SSSR count). The molecular weight excluding hydrogens is 492 g/mol. The van der Waals surface area contributed by atoms with Gasteiger partial charge in [-0.1, -0.05) is 0 Å². The van der Waals surface area contributed by atoms with E-state index in [0.717, 1.165) is 9.91 Å². The standard InChI is InChI=1S/C25H43F2N3O7/c1-21(2,3)35-18(31)24(10,11)34-13-12-29-17-16(14-30(29)20(33)37-23(7,8)9)28(15-25(17,26)27)19(32)36-22(4,5)6/h16-17H,12-15H2,1-11H3/t16-,17+/m0/s1. The Morgan fingerprint density at radius 1 is 0.811 bits per heavy atom. The minimum absolute atomic E-state index is 0.162. The number of esters is 1. The van der Waals surface area contributed by atoms with Crippen LogP contribution in [0.4, 0.5) is 18.4 Å². The van der Waals surface area contributed by atoms with Crippen LogP contribution in [0.15, 0.2) is 0 Å². The number of fused-ring (bicyclic) bond motifs is 1. The monoisotopic (exact) mass is 535 g/mol. The molecule has 0 unspecified atom stereocenters. The largest absolute Gasteiger partial charge is 0.458 e. The van der Waals surface area contributed by atoms with E-state index >= 15 is 8.78 Å². The van der Waals surface area contributed by atoms with Crippen LogP contribution in [0.25, 0.3) is 0 Å². The van der Waals surface area contributed by atoms with Gasteiger partial charge in [-0.3, -0.25) is 4.90 Å². The summed E-state index contributed by atoms with van der Waals surface area (Å²) in [6.45, 7) is 16.8. The molecule has 0 spiro atoms. The van der Waals surface area contributed by atoms with E-state index in [0.29, 0.717) is 0 Å². The lowest BCUT2D eigenvalue weighted by Crippen LogP contribution is -2.53. The highest BCUT2D eigenvalue weighted by molar-refractivity contribution is 5.79. The molecule has 2 aliphatic rings. The molecule has 2 fully saturated rings. The maximum atomic E-state index is 15.4. The van der Waals surface area contributed by atoms with E-state index in [4.69, 9.17) is 18.9 Å². The Hall–Kier alpha value is -2.21. The van der Waals surface area contributed by atoms with Gasteiger partial charge in [-0.15, -0.1) is 0 Å². The van der Waals surface area contributed by atoms with Crippen LogP contribution in [0.5, 0.6) is 0 Å². The van der Waals surface area contributed by atoms with Crippen molar-refractivity contribution in [3.05, 3.63) is 0 Å². The molecule has 2 amide bonds. The first-order valence-electron chi connectivity index (χ1n) is 12.5. The number of carbonyl (C=O) groups excluding carboxylic acids is 3. The van der Waals surface area contributed by atoms with Crippen molar-refractivity contribution >= 4 is 18.2 Å². The Bertz CT molecular complexity index is 875. The normalized spacial score (nSPS) is 22.6. The number of likely N-dealkylation sites (tertiary alicyclic amines) is 1. The van der Waals surface area contributed by atoms with Crippen molar-refractivity contribution in [1.82, 2.24) is 14.9 Å². The van der Waals surface area contributed by atoms with Crippen molar-refractivity contribution in [2.75, 3.05) is 26.2 Å². The number of hydrazine groups is 1. The van der Waals surface area contributed by atoms with E-state index in [2.05, 4.69) is 0 Å². The molecular formula is C25H43F2N3O7. The van der Waals surface area contributed by atoms with Gasteiger partial charge in [0.1, 0.15) is 22.8 Å². The molecule has 0 aliphatic carbocycles. The maximum absolute atomic E-state index is 15.4. The Kier molecular flexibility index (Phi) is 8.52.